The molecule has 2 heteroatoms. The lowest BCUT2D eigenvalue weighted by molar-refractivity contribution is 0.165. The molecule has 75 valence electrons. The van der Waals surface area contributed by atoms with E-state index in [1.807, 2.05) is 12.1 Å². The number of ether oxygens (including phenoxy) is 1. The molecule has 1 saturated heterocycles. The highest BCUT2D eigenvalue weighted by atomic mass is 16.5. The van der Waals surface area contributed by atoms with E-state index in [9.17, 15) is 0 Å². The predicted octanol–water partition coefficient (Wildman–Crippen LogP) is 2.14. The van der Waals surface area contributed by atoms with Crippen molar-refractivity contribution in [3.8, 4) is 5.75 Å². The lowest BCUT2D eigenvalue weighted by atomic mass is 10.1. The molecule has 1 heterocycles. The summed E-state index contributed by atoms with van der Waals surface area (Å²) in [4.78, 5) is 0. The van der Waals surface area contributed by atoms with Crippen LogP contribution in [0.5, 0.6) is 5.75 Å². The van der Waals surface area contributed by atoms with Crippen LogP contribution in [0.3, 0.4) is 0 Å². The molecule has 1 aromatic carbocycles. The van der Waals surface area contributed by atoms with Crippen LogP contribution in [0.1, 0.15) is 18.4 Å². The van der Waals surface area contributed by atoms with Gasteiger partial charge >= 0.3 is 0 Å². The number of piperidine rings is 1. The first kappa shape index (κ1) is 9.53. The summed E-state index contributed by atoms with van der Waals surface area (Å²) in [5.74, 6) is 0.970. The SMILES string of the molecule is Cc1ccc(OC2CCC[N]C2)cc1. The fourth-order valence-corrected chi connectivity index (χ4v) is 1.66. The van der Waals surface area contributed by atoms with E-state index in [2.05, 4.69) is 24.4 Å². The Morgan fingerprint density at radius 2 is 2.07 bits per heavy atom. The van der Waals surface area contributed by atoms with Gasteiger partial charge in [-0.3, -0.25) is 0 Å². The highest BCUT2D eigenvalue weighted by Crippen LogP contribution is 2.16. The van der Waals surface area contributed by atoms with Crippen LogP contribution < -0.4 is 10.1 Å². The Morgan fingerprint density at radius 1 is 1.29 bits per heavy atom. The van der Waals surface area contributed by atoms with Crippen LogP contribution in [0.15, 0.2) is 24.3 Å². The number of nitrogens with zero attached hydrogens (tertiary/aromatic N) is 1. The molecule has 0 amide bonds. The van der Waals surface area contributed by atoms with Gasteiger partial charge in [0.05, 0.1) is 6.54 Å². The molecule has 1 radical (unpaired) electrons. The van der Waals surface area contributed by atoms with Crippen molar-refractivity contribution in [2.45, 2.75) is 25.9 Å². The maximum atomic E-state index is 5.82. The Kier molecular flexibility index (Phi) is 3.04. The second-order valence-corrected chi connectivity index (χ2v) is 3.82. The Morgan fingerprint density at radius 3 is 2.71 bits per heavy atom. The van der Waals surface area contributed by atoms with Gasteiger partial charge in [-0.1, -0.05) is 17.7 Å². The normalized spacial score (nSPS) is 21.9. The van der Waals surface area contributed by atoms with Gasteiger partial charge in [-0.25, -0.2) is 5.32 Å². The molecule has 0 N–H and O–H groups in total. The molecular formula is C12H16NO. The van der Waals surface area contributed by atoms with Crippen molar-refractivity contribution >= 4 is 0 Å². The van der Waals surface area contributed by atoms with E-state index in [0.717, 1.165) is 31.7 Å². The maximum absolute atomic E-state index is 5.82. The maximum Gasteiger partial charge on any atom is 0.119 e. The van der Waals surface area contributed by atoms with Crippen LogP contribution >= 0.6 is 0 Å². The van der Waals surface area contributed by atoms with Crippen LogP contribution in [0.4, 0.5) is 0 Å². The summed E-state index contributed by atoms with van der Waals surface area (Å²) in [6.45, 7) is 3.95. The van der Waals surface area contributed by atoms with Gasteiger partial charge in [-0.15, -0.1) is 0 Å². The summed E-state index contributed by atoms with van der Waals surface area (Å²) in [6.07, 6.45) is 2.60. The van der Waals surface area contributed by atoms with Crippen molar-refractivity contribution < 1.29 is 4.74 Å². The summed E-state index contributed by atoms with van der Waals surface area (Å²) in [5, 5.41) is 4.35. The van der Waals surface area contributed by atoms with Crippen molar-refractivity contribution in [3.63, 3.8) is 0 Å². The minimum atomic E-state index is 0.298. The molecule has 0 aliphatic carbocycles. The van der Waals surface area contributed by atoms with Gasteiger partial charge in [-0.05, 0) is 31.9 Å². The quantitative estimate of drug-likeness (QED) is 0.700. The summed E-state index contributed by atoms with van der Waals surface area (Å²) in [7, 11) is 0. The fraction of sp³-hybridized carbons (Fsp3) is 0.500. The Labute approximate surface area is 85.3 Å². The smallest absolute Gasteiger partial charge is 0.119 e. The highest BCUT2D eigenvalue weighted by Gasteiger charge is 2.14. The number of hydrogen-bond donors (Lipinski definition) is 0. The molecule has 0 saturated carbocycles. The minimum absolute atomic E-state index is 0.298. The highest BCUT2D eigenvalue weighted by molar-refractivity contribution is 5.26. The van der Waals surface area contributed by atoms with Gasteiger partial charge in [0, 0.05) is 6.54 Å². The summed E-state index contributed by atoms with van der Waals surface area (Å²) < 4.78 is 5.82. The van der Waals surface area contributed by atoms with Crippen molar-refractivity contribution in [2.75, 3.05) is 13.1 Å². The molecule has 1 aliphatic heterocycles. The first-order valence-corrected chi connectivity index (χ1v) is 5.21. The van der Waals surface area contributed by atoms with Gasteiger partial charge in [0.25, 0.3) is 0 Å². The van der Waals surface area contributed by atoms with Gasteiger partial charge in [0.2, 0.25) is 0 Å². The van der Waals surface area contributed by atoms with E-state index < -0.39 is 0 Å². The monoisotopic (exact) mass is 190 g/mol. The van der Waals surface area contributed by atoms with Gasteiger partial charge in [0.15, 0.2) is 0 Å². The van der Waals surface area contributed by atoms with Crippen molar-refractivity contribution in [3.05, 3.63) is 29.8 Å². The molecule has 2 rings (SSSR count). The zero-order valence-corrected chi connectivity index (χ0v) is 8.57. The third-order valence-corrected chi connectivity index (χ3v) is 2.50. The molecule has 1 atom stereocenters. The number of rotatable bonds is 2. The third-order valence-electron chi connectivity index (χ3n) is 2.50. The second-order valence-electron chi connectivity index (χ2n) is 3.82. The summed E-state index contributed by atoms with van der Waals surface area (Å²) >= 11 is 0. The van der Waals surface area contributed by atoms with Crippen molar-refractivity contribution in [1.29, 1.82) is 0 Å². The molecule has 1 aromatic rings. The zero-order chi connectivity index (χ0) is 9.80. The van der Waals surface area contributed by atoms with Gasteiger partial charge in [-0.2, -0.15) is 0 Å². The molecule has 0 bridgehead atoms. The second kappa shape index (κ2) is 4.47. The molecular weight excluding hydrogens is 174 g/mol. The summed E-state index contributed by atoms with van der Waals surface area (Å²) in [6, 6.07) is 8.22. The number of benzene rings is 1. The molecule has 1 fully saturated rings. The molecule has 1 aliphatic rings. The van der Waals surface area contributed by atoms with E-state index in [1.165, 1.54) is 5.56 Å². The molecule has 0 aromatic heterocycles. The lowest BCUT2D eigenvalue weighted by Gasteiger charge is -2.22. The van der Waals surface area contributed by atoms with E-state index >= 15 is 0 Å². The van der Waals surface area contributed by atoms with Crippen LogP contribution in [0, 0.1) is 6.92 Å². The topological polar surface area (TPSA) is 23.3 Å². The van der Waals surface area contributed by atoms with Crippen LogP contribution in [0.25, 0.3) is 0 Å². The van der Waals surface area contributed by atoms with E-state index in [1.54, 1.807) is 0 Å². The average Bonchev–Trinajstić information content (AvgIpc) is 2.23. The van der Waals surface area contributed by atoms with Crippen LogP contribution in [0.2, 0.25) is 0 Å². The van der Waals surface area contributed by atoms with E-state index in [0.29, 0.717) is 6.10 Å². The molecule has 14 heavy (non-hydrogen) atoms. The third kappa shape index (κ3) is 2.48. The standard InChI is InChI=1S/C12H16NO/c1-10-4-6-11(7-5-10)14-12-3-2-8-13-9-12/h4-7,12H,2-3,8-9H2,1H3. The molecule has 2 nitrogen and oxygen atoms in total. The summed E-state index contributed by atoms with van der Waals surface area (Å²) in [5.41, 5.74) is 1.27. The number of aryl methyl sites for hydroxylation is 1. The Bertz CT molecular complexity index is 275. The molecule has 1 unspecified atom stereocenters. The minimum Gasteiger partial charge on any atom is -0.489 e. The molecule has 0 spiro atoms. The van der Waals surface area contributed by atoms with Crippen LogP contribution in [-0.2, 0) is 0 Å². The first-order chi connectivity index (χ1) is 6.84. The number of hydrogen-bond acceptors (Lipinski definition) is 1. The Hall–Kier alpha value is -1.02. The first-order valence-electron chi connectivity index (χ1n) is 5.21. The average molecular weight is 190 g/mol. The predicted molar refractivity (Wildman–Crippen MR) is 56.7 cm³/mol. The van der Waals surface area contributed by atoms with Crippen LogP contribution in [-0.4, -0.2) is 19.2 Å². The van der Waals surface area contributed by atoms with Gasteiger partial charge < -0.3 is 4.74 Å². The van der Waals surface area contributed by atoms with Crippen molar-refractivity contribution in [2.24, 2.45) is 0 Å². The van der Waals surface area contributed by atoms with Crippen molar-refractivity contribution in [1.82, 2.24) is 5.32 Å². The van der Waals surface area contributed by atoms with E-state index in [-0.39, 0.29) is 0 Å². The Balaban J connectivity index is 1.92. The zero-order valence-electron chi connectivity index (χ0n) is 8.57. The van der Waals surface area contributed by atoms with Gasteiger partial charge in [0.1, 0.15) is 11.9 Å². The lowest BCUT2D eigenvalue weighted by Crippen LogP contribution is -2.32. The fourth-order valence-electron chi connectivity index (χ4n) is 1.66. The van der Waals surface area contributed by atoms with E-state index in [4.69, 9.17) is 4.74 Å². The largest absolute Gasteiger partial charge is 0.489 e.